The molecule has 2 aliphatic carbocycles. The van der Waals surface area contributed by atoms with Crippen molar-refractivity contribution in [2.45, 2.75) is 38.1 Å². The predicted molar refractivity (Wildman–Crippen MR) is 74.7 cm³/mol. The van der Waals surface area contributed by atoms with Gasteiger partial charge in [-0.05, 0) is 61.1 Å². The molecule has 0 spiro atoms. The SMILES string of the molecule is NC(Cc1ccc(Br)cc1F)C1CC2CCC1C2. The van der Waals surface area contributed by atoms with Crippen LogP contribution >= 0.6 is 15.9 Å². The van der Waals surface area contributed by atoms with Gasteiger partial charge in [0.05, 0.1) is 0 Å². The molecular formula is C15H19BrFN. The van der Waals surface area contributed by atoms with Gasteiger partial charge < -0.3 is 5.73 Å². The van der Waals surface area contributed by atoms with Crippen LogP contribution in [0.15, 0.2) is 22.7 Å². The van der Waals surface area contributed by atoms with Crippen LogP contribution in [-0.2, 0) is 6.42 Å². The number of halogens is 2. The van der Waals surface area contributed by atoms with E-state index in [1.54, 1.807) is 0 Å². The summed E-state index contributed by atoms with van der Waals surface area (Å²) >= 11 is 3.28. The Morgan fingerprint density at radius 2 is 2.17 bits per heavy atom. The number of rotatable bonds is 3. The van der Waals surface area contributed by atoms with Crippen molar-refractivity contribution in [3.05, 3.63) is 34.1 Å². The number of hydrogen-bond acceptors (Lipinski definition) is 1. The fraction of sp³-hybridized carbons (Fsp3) is 0.600. The fourth-order valence-electron chi connectivity index (χ4n) is 3.91. The monoisotopic (exact) mass is 311 g/mol. The molecule has 0 heterocycles. The second kappa shape index (κ2) is 4.93. The standard InChI is InChI=1S/C15H19BrFN/c16-12-4-3-11(14(17)8-12)7-15(18)13-6-9-1-2-10(13)5-9/h3-4,8-10,13,15H,1-2,5-7,18H2. The van der Waals surface area contributed by atoms with E-state index in [0.29, 0.717) is 12.3 Å². The molecule has 0 radical (unpaired) electrons. The van der Waals surface area contributed by atoms with Crippen LogP contribution in [0.1, 0.15) is 31.2 Å². The van der Waals surface area contributed by atoms with Gasteiger partial charge in [-0.1, -0.05) is 28.4 Å². The highest BCUT2D eigenvalue weighted by Crippen LogP contribution is 2.49. The minimum Gasteiger partial charge on any atom is -0.327 e. The van der Waals surface area contributed by atoms with Crippen LogP contribution in [0.25, 0.3) is 0 Å². The fourth-order valence-corrected chi connectivity index (χ4v) is 4.24. The van der Waals surface area contributed by atoms with Gasteiger partial charge in [-0.15, -0.1) is 0 Å². The Morgan fingerprint density at radius 1 is 1.33 bits per heavy atom. The molecule has 0 amide bonds. The summed E-state index contributed by atoms with van der Waals surface area (Å²) in [5.41, 5.74) is 7.08. The van der Waals surface area contributed by atoms with Crippen LogP contribution in [0.5, 0.6) is 0 Å². The third-order valence-electron chi connectivity index (χ3n) is 4.81. The first-order valence-electron chi connectivity index (χ1n) is 6.83. The Labute approximate surface area is 116 Å². The van der Waals surface area contributed by atoms with Crippen molar-refractivity contribution < 1.29 is 4.39 Å². The van der Waals surface area contributed by atoms with E-state index < -0.39 is 0 Å². The Bertz CT molecular complexity index is 448. The first-order valence-corrected chi connectivity index (χ1v) is 7.62. The highest BCUT2D eigenvalue weighted by molar-refractivity contribution is 9.10. The summed E-state index contributed by atoms with van der Waals surface area (Å²) in [6.07, 6.45) is 6.03. The normalized spacial score (nSPS) is 31.8. The van der Waals surface area contributed by atoms with Crippen molar-refractivity contribution in [2.75, 3.05) is 0 Å². The van der Waals surface area contributed by atoms with Crippen molar-refractivity contribution in [2.24, 2.45) is 23.5 Å². The molecule has 2 N–H and O–H groups in total. The lowest BCUT2D eigenvalue weighted by molar-refractivity contribution is 0.279. The number of fused-ring (bicyclic) bond motifs is 2. The van der Waals surface area contributed by atoms with Gasteiger partial charge in [0.15, 0.2) is 0 Å². The topological polar surface area (TPSA) is 26.0 Å². The van der Waals surface area contributed by atoms with Crippen molar-refractivity contribution in [1.29, 1.82) is 0 Å². The van der Waals surface area contributed by atoms with E-state index in [4.69, 9.17) is 5.73 Å². The molecule has 2 fully saturated rings. The quantitative estimate of drug-likeness (QED) is 0.900. The molecule has 0 aliphatic heterocycles. The van der Waals surface area contributed by atoms with E-state index in [1.165, 1.54) is 31.7 Å². The molecular weight excluding hydrogens is 293 g/mol. The molecule has 0 aromatic heterocycles. The Kier molecular flexibility index (Phi) is 3.46. The molecule has 1 aromatic rings. The Balaban J connectivity index is 1.69. The maximum Gasteiger partial charge on any atom is 0.127 e. The van der Waals surface area contributed by atoms with E-state index in [9.17, 15) is 4.39 Å². The highest BCUT2D eigenvalue weighted by Gasteiger charge is 2.41. The lowest BCUT2D eigenvalue weighted by Crippen LogP contribution is -2.35. The van der Waals surface area contributed by atoms with Gasteiger partial charge >= 0.3 is 0 Å². The molecule has 2 saturated carbocycles. The van der Waals surface area contributed by atoms with Crippen molar-refractivity contribution >= 4 is 15.9 Å². The minimum atomic E-state index is -0.136. The van der Waals surface area contributed by atoms with Crippen LogP contribution in [0.3, 0.4) is 0 Å². The third kappa shape index (κ3) is 2.35. The third-order valence-corrected chi connectivity index (χ3v) is 5.31. The summed E-state index contributed by atoms with van der Waals surface area (Å²) in [6, 6.07) is 5.40. The van der Waals surface area contributed by atoms with E-state index in [2.05, 4.69) is 15.9 Å². The maximum atomic E-state index is 13.8. The average molecular weight is 312 g/mol. The molecule has 3 heteroatoms. The molecule has 4 atom stereocenters. The van der Waals surface area contributed by atoms with E-state index in [1.807, 2.05) is 12.1 Å². The highest BCUT2D eigenvalue weighted by atomic mass is 79.9. The summed E-state index contributed by atoms with van der Waals surface area (Å²) in [6.45, 7) is 0. The smallest absolute Gasteiger partial charge is 0.127 e. The summed E-state index contributed by atoms with van der Waals surface area (Å²) in [7, 11) is 0. The molecule has 18 heavy (non-hydrogen) atoms. The second-order valence-corrected chi connectivity index (χ2v) is 6.86. The van der Waals surface area contributed by atoms with Gasteiger partial charge in [0, 0.05) is 10.5 Å². The Morgan fingerprint density at radius 3 is 2.78 bits per heavy atom. The minimum absolute atomic E-state index is 0.121. The molecule has 2 aliphatic rings. The molecule has 2 bridgehead atoms. The Hall–Kier alpha value is -0.410. The first-order chi connectivity index (χ1) is 8.63. The zero-order valence-electron chi connectivity index (χ0n) is 10.4. The molecule has 4 unspecified atom stereocenters. The summed E-state index contributed by atoms with van der Waals surface area (Å²) in [5, 5.41) is 0. The predicted octanol–water partition coefficient (Wildman–Crippen LogP) is 3.89. The van der Waals surface area contributed by atoms with Crippen LogP contribution in [0.4, 0.5) is 4.39 Å². The number of benzene rings is 1. The lowest BCUT2D eigenvalue weighted by Gasteiger charge is -2.27. The van der Waals surface area contributed by atoms with Gasteiger partial charge in [-0.25, -0.2) is 4.39 Å². The van der Waals surface area contributed by atoms with Crippen LogP contribution < -0.4 is 5.73 Å². The molecule has 1 aromatic carbocycles. The van der Waals surface area contributed by atoms with Crippen LogP contribution in [0, 0.1) is 23.6 Å². The van der Waals surface area contributed by atoms with Gasteiger partial charge in [-0.3, -0.25) is 0 Å². The van der Waals surface area contributed by atoms with E-state index >= 15 is 0 Å². The number of hydrogen-bond donors (Lipinski definition) is 1. The van der Waals surface area contributed by atoms with Gasteiger partial charge in [0.25, 0.3) is 0 Å². The summed E-state index contributed by atoms with van der Waals surface area (Å²) < 4.78 is 14.6. The summed E-state index contributed by atoms with van der Waals surface area (Å²) in [5.74, 6) is 2.19. The van der Waals surface area contributed by atoms with E-state index in [-0.39, 0.29) is 11.9 Å². The summed E-state index contributed by atoms with van der Waals surface area (Å²) in [4.78, 5) is 0. The average Bonchev–Trinajstić information content (AvgIpc) is 2.94. The maximum absolute atomic E-state index is 13.8. The number of nitrogens with two attached hydrogens (primary N) is 1. The van der Waals surface area contributed by atoms with Gasteiger partial charge in [0.1, 0.15) is 5.82 Å². The van der Waals surface area contributed by atoms with Crippen LogP contribution in [0.2, 0.25) is 0 Å². The van der Waals surface area contributed by atoms with Gasteiger partial charge in [0.2, 0.25) is 0 Å². The van der Waals surface area contributed by atoms with E-state index in [0.717, 1.165) is 21.9 Å². The second-order valence-electron chi connectivity index (χ2n) is 5.94. The molecule has 98 valence electrons. The van der Waals surface area contributed by atoms with Crippen molar-refractivity contribution in [1.82, 2.24) is 0 Å². The lowest BCUT2D eigenvalue weighted by atomic mass is 9.81. The van der Waals surface area contributed by atoms with Crippen LogP contribution in [-0.4, -0.2) is 6.04 Å². The first kappa shape index (κ1) is 12.6. The molecule has 0 saturated heterocycles. The molecule has 3 rings (SSSR count). The van der Waals surface area contributed by atoms with Gasteiger partial charge in [-0.2, -0.15) is 0 Å². The zero-order chi connectivity index (χ0) is 12.7. The zero-order valence-corrected chi connectivity index (χ0v) is 12.0. The van der Waals surface area contributed by atoms with Crippen molar-refractivity contribution in [3.63, 3.8) is 0 Å². The largest absolute Gasteiger partial charge is 0.327 e. The molecule has 1 nitrogen and oxygen atoms in total. The van der Waals surface area contributed by atoms with Crippen molar-refractivity contribution in [3.8, 4) is 0 Å².